The van der Waals surface area contributed by atoms with Crippen LogP contribution < -0.4 is 20.7 Å². The standard InChI is InChI=1S/C29H32ClN3O5/c1-20(34)23-9-12-26(25(30)17-23)38-24-10-7-21(8-11-24)18-32-27(35)29(13-15-31-16-14-29)33-28(36)37-19-22-5-3-2-4-6-22/h2-12,17,20,31,34H,13-16,18-19H2,1H3,(H,32,35)(H,33,36). The van der Waals surface area contributed by atoms with E-state index in [9.17, 15) is 14.7 Å². The van der Waals surface area contributed by atoms with Gasteiger partial charge in [0.25, 0.3) is 0 Å². The highest BCUT2D eigenvalue weighted by atomic mass is 35.5. The minimum absolute atomic E-state index is 0.132. The largest absolute Gasteiger partial charge is 0.456 e. The first-order chi connectivity index (χ1) is 18.3. The number of carbonyl (C=O) groups is 2. The molecule has 3 aromatic rings. The Balaban J connectivity index is 1.33. The monoisotopic (exact) mass is 537 g/mol. The Hall–Kier alpha value is -3.59. The predicted molar refractivity (Wildman–Crippen MR) is 145 cm³/mol. The van der Waals surface area contributed by atoms with Gasteiger partial charge in [-0.2, -0.15) is 0 Å². The maximum Gasteiger partial charge on any atom is 0.408 e. The van der Waals surface area contributed by atoms with Gasteiger partial charge in [-0.25, -0.2) is 4.79 Å². The van der Waals surface area contributed by atoms with Crippen LogP contribution in [-0.2, 0) is 22.7 Å². The summed E-state index contributed by atoms with van der Waals surface area (Å²) < 4.78 is 11.2. The highest BCUT2D eigenvalue weighted by Crippen LogP contribution is 2.32. The molecule has 1 unspecified atom stereocenters. The number of hydrogen-bond acceptors (Lipinski definition) is 6. The topological polar surface area (TPSA) is 109 Å². The van der Waals surface area contributed by atoms with Crippen molar-refractivity contribution in [3.05, 3.63) is 94.5 Å². The van der Waals surface area contributed by atoms with Gasteiger partial charge in [0.15, 0.2) is 0 Å². The van der Waals surface area contributed by atoms with Gasteiger partial charge in [0, 0.05) is 6.54 Å². The SMILES string of the molecule is CC(O)c1ccc(Oc2ccc(CNC(=O)C3(NC(=O)OCc4ccccc4)CCNCC3)cc2)c(Cl)c1. The second-order valence-electron chi connectivity index (χ2n) is 9.31. The van der Waals surface area contributed by atoms with E-state index >= 15 is 0 Å². The Kier molecular flexibility index (Phi) is 9.23. The molecule has 200 valence electrons. The number of piperidine rings is 1. The predicted octanol–water partition coefficient (Wildman–Crippen LogP) is 4.85. The molecule has 3 aromatic carbocycles. The molecular formula is C29H32ClN3O5. The Morgan fingerprint density at radius 1 is 1.03 bits per heavy atom. The maximum absolute atomic E-state index is 13.3. The van der Waals surface area contributed by atoms with Crippen LogP contribution in [0.15, 0.2) is 72.8 Å². The summed E-state index contributed by atoms with van der Waals surface area (Å²) >= 11 is 6.29. The third-order valence-electron chi connectivity index (χ3n) is 6.49. The Morgan fingerprint density at radius 3 is 2.39 bits per heavy atom. The van der Waals surface area contributed by atoms with Crippen LogP contribution in [0.2, 0.25) is 5.02 Å². The van der Waals surface area contributed by atoms with Crippen molar-refractivity contribution < 1.29 is 24.2 Å². The molecule has 0 bridgehead atoms. The minimum Gasteiger partial charge on any atom is -0.456 e. The molecule has 2 amide bonds. The molecule has 4 N–H and O–H groups in total. The van der Waals surface area contributed by atoms with E-state index < -0.39 is 17.7 Å². The molecule has 1 aliphatic rings. The summed E-state index contributed by atoms with van der Waals surface area (Å²) in [4.78, 5) is 25.8. The molecule has 0 aliphatic carbocycles. The lowest BCUT2D eigenvalue weighted by molar-refractivity contribution is -0.128. The molecule has 1 aliphatic heterocycles. The number of nitrogens with one attached hydrogen (secondary N) is 3. The zero-order chi connectivity index (χ0) is 27.0. The van der Waals surface area contributed by atoms with E-state index in [1.807, 2.05) is 42.5 Å². The molecule has 1 fully saturated rings. The van der Waals surface area contributed by atoms with Gasteiger partial charge < -0.3 is 30.5 Å². The molecule has 8 nitrogen and oxygen atoms in total. The zero-order valence-corrected chi connectivity index (χ0v) is 22.0. The van der Waals surface area contributed by atoms with Crippen molar-refractivity contribution >= 4 is 23.6 Å². The molecule has 1 saturated heterocycles. The lowest BCUT2D eigenvalue weighted by Crippen LogP contribution is -2.62. The summed E-state index contributed by atoms with van der Waals surface area (Å²) in [6.07, 6.45) is -0.316. The van der Waals surface area contributed by atoms with Crippen molar-refractivity contribution in [2.75, 3.05) is 13.1 Å². The number of halogens is 1. The lowest BCUT2D eigenvalue weighted by Gasteiger charge is -2.36. The number of carbonyl (C=O) groups excluding carboxylic acids is 2. The Bertz CT molecular complexity index is 1230. The molecular weight excluding hydrogens is 506 g/mol. The number of rotatable bonds is 9. The molecule has 0 saturated carbocycles. The van der Waals surface area contributed by atoms with Crippen molar-refractivity contribution in [3.8, 4) is 11.5 Å². The average molecular weight is 538 g/mol. The molecule has 0 spiro atoms. The number of ether oxygens (including phenoxy) is 2. The van der Waals surface area contributed by atoms with Gasteiger partial charge in [-0.1, -0.05) is 60.1 Å². The van der Waals surface area contributed by atoms with Gasteiger partial charge in [0.05, 0.1) is 11.1 Å². The summed E-state index contributed by atoms with van der Waals surface area (Å²) in [5.74, 6) is 0.820. The van der Waals surface area contributed by atoms with Crippen LogP contribution in [0.1, 0.15) is 42.6 Å². The smallest absolute Gasteiger partial charge is 0.408 e. The van der Waals surface area contributed by atoms with E-state index in [0.29, 0.717) is 54.6 Å². The quantitative estimate of drug-likeness (QED) is 0.311. The second-order valence-corrected chi connectivity index (χ2v) is 9.72. The number of benzene rings is 3. The van der Waals surface area contributed by atoms with Crippen LogP contribution in [0, 0.1) is 0 Å². The summed E-state index contributed by atoms with van der Waals surface area (Å²) in [6.45, 7) is 3.31. The first kappa shape index (κ1) is 27.4. The van der Waals surface area contributed by atoms with Crippen molar-refractivity contribution in [2.45, 2.75) is 44.6 Å². The molecule has 9 heteroatoms. The molecule has 1 heterocycles. The normalized spacial score (nSPS) is 15.2. The Labute approximate surface area is 227 Å². The van der Waals surface area contributed by atoms with Crippen LogP contribution >= 0.6 is 11.6 Å². The van der Waals surface area contributed by atoms with Crippen LogP contribution in [0.3, 0.4) is 0 Å². The molecule has 4 rings (SSSR count). The van der Waals surface area contributed by atoms with Gasteiger partial charge in [0.1, 0.15) is 23.6 Å². The van der Waals surface area contributed by atoms with E-state index in [1.165, 1.54) is 0 Å². The average Bonchev–Trinajstić information content (AvgIpc) is 2.93. The highest BCUT2D eigenvalue weighted by molar-refractivity contribution is 6.32. The van der Waals surface area contributed by atoms with E-state index in [2.05, 4.69) is 16.0 Å². The summed E-state index contributed by atoms with van der Waals surface area (Å²) in [7, 11) is 0. The zero-order valence-electron chi connectivity index (χ0n) is 21.2. The van der Waals surface area contributed by atoms with E-state index in [0.717, 1.165) is 11.1 Å². The number of amides is 2. The highest BCUT2D eigenvalue weighted by Gasteiger charge is 2.41. The van der Waals surface area contributed by atoms with Crippen molar-refractivity contribution in [3.63, 3.8) is 0 Å². The molecule has 38 heavy (non-hydrogen) atoms. The summed E-state index contributed by atoms with van der Waals surface area (Å²) in [5, 5.41) is 19.1. The van der Waals surface area contributed by atoms with Gasteiger partial charge in [0.2, 0.25) is 5.91 Å². The van der Waals surface area contributed by atoms with Crippen LogP contribution in [-0.4, -0.2) is 35.7 Å². The van der Waals surface area contributed by atoms with Crippen molar-refractivity contribution in [1.82, 2.24) is 16.0 Å². The lowest BCUT2D eigenvalue weighted by atomic mass is 9.87. The second kappa shape index (κ2) is 12.8. The number of aliphatic hydroxyl groups is 1. The van der Waals surface area contributed by atoms with Gasteiger partial charge >= 0.3 is 6.09 Å². The molecule has 0 radical (unpaired) electrons. The van der Waals surface area contributed by atoms with Crippen LogP contribution in [0.4, 0.5) is 4.79 Å². The first-order valence-corrected chi connectivity index (χ1v) is 12.9. The number of aliphatic hydroxyl groups excluding tert-OH is 1. The first-order valence-electron chi connectivity index (χ1n) is 12.6. The fraction of sp³-hybridized carbons (Fsp3) is 0.310. The van der Waals surface area contributed by atoms with Crippen molar-refractivity contribution in [1.29, 1.82) is 0 Å². The van der Waals surface area contributed by atoms with Crippen LogP contribution in [0.5, 0.6) is 11.5 Å². The third kappa shape index (κ3) is 7.25. The van der Waals surface area contributed by atoms with Gasteiger partial charge in [-0.15, -0.1) is 0 Å². The Morgan fingerprint density at radius 2 is 1.74 bits per heavy atom. The molecule has 0 aromatic heterocycles. The van der Waals surface area contributed by atoms with Gasteiger partial charge in [-0.3, -0.25) is 4.79 Å². The fourth-order valence-corrected chi connectivity index (χ4v) is 4.46. The fourth-order valence-electron chi connectivity index (χ4n) is 4.23. The number of hydrogen-bond donors (Lipinski definition) is 4. The summed E-state index contributed by atoms with van der Waals surface area (Å²) in [6, 6.07) is 21.8. The number of alkyl carbamates (subject to hydrolysis) is 1. The van der Waals surface area contributed by atoms with Gasteiger partial charge in [-0.05, 0) is 73.8 Å². The van der Waals surface area contributed by atoms with E-state index in [1.54, 1.807) is 37.3 Å². The van der Waals surface area contributed by atoms with E-state index in [4.69, 9.17) is 21.1 Å². The summed E-state index contributed by atoms with van der Waals surface area (Å²) in [5.41, 5.74) is 1.41. The van der Waals surface area contributed by atoms with Crippen LogP contribution in [0.25, 0.3) is 0 Å². The van der Waals surface area contributed by atoms with Crippen molar-refractivity contribution in [2.24, 2.45) is 0 Å². The molecule has 1 atom stereocenters. The minimum atomic E-state index is -1.04. The van der Waals surface area contributed by atoms with E-state index in [-0.39, 0.29) is 12.5 Å². The maximum atomic E-state index is 13.3. The third-order valence-corrected chi connectivity index (χ3v) is 6.78.